The van der Waals surface area contributed by atoms with Gasteiger partial charge in [-0.25, -0.2) is 13.6 Å². The summed E-state index contributed by atoms with van der Waals surface area (Å²) in [6, 6.07) is 12.2. The van der Waals surface area contributed by atoms with Gasteiger partial charge in [-0.1, -0.05) is 18.2 Å². The molecule has 1 heterocycles. The summed E-state index contributed by atoms with van der Waals surface area (Å²) in [6.45, 7) is 2.77. The number of benzene rings is 2. The maximum atomic E-state index is 13.5. The fraction of sp³-hybridized carbons (Fsp3) is 0.300. The zero-order valence-corrected chi connectivity index (χ0v) is 14.8. The summed E-state index contributed by atoms with van der Waals surface area (Å²) >= 11 is 0. The molecule has 5 nitrogen and oxygen atoms in total. The Labute approximate surface area is 156 Å². The average Bonchev–Trinajstić information content (AvgIpc) is 2.70. The molecular formula is C20H19F2N3O2. The van der Waals surface area contributed by atoms with Crippen molar-refractivity contribution in [2.45, 2.75) is 19.1 Å². The van der Waals surface area contributed by atoms with Crippen molar-refractivity contribution in [3.63, 3.8) is 0 Å². The molecule has 2 aromatic carbocycles. The van der Waals surface area contributed by atoms with E-state index in [0.29, 0.717) is 24.3 Å². The molecule has 0 unspecified atom stereocenters. The molecule has 1 saturated heterocycles. The highest BCUT2D eigenvalue weighted by molar-refractivity contribution is 5.75. The summed E-state index contributed by atoms with van der Waals surface area (Å²) in [5, 5.41) is 11.9. The standard InChI is InChI=1S/C20H19F2N3O2/c1-13(15-4-2-3-14(9-15)11-23)24-20(26)25-7-8-27-19(12-25)16-5-6-17(21)18(22)10-16/h2-6,9-10,13,19H,7-8,12H2,1H3,(H,24,26)/t13-,19+/m0/s1. The number of ether oxygens (including phenoxy) is 1. The molecule has 0 spiro atoms. The lowest BCUT2D eigenvalue weighted by Crippen LogP contribution is -2.47. The maximum absolute atomic E-state index is 13.5. The fourth-order valence-corrected chi connectivity index (χ4v) is 2.99. The van der Waals surface area contributed by atoms with Crippen LogP contribution in [-0.4, -0.2) is 30.6 Å². The summed E-state index contributed by atoms with van der Waals surface area (Å²) in [6.07, 6.45) is -0.517. The number of hydrogen-bond donors (Lipinski definition) is 1. The Morgan fingerprint density at radius 3 is 2.85 bits per heavy atom. The second kappa shape index (κ2) is 8.14. The molecule has 3 rings (SSSR count). The first-order valence-corrected chi connectivity index (χ1v) is 8.60. The van der Waals surface area contributed by atoms with Gasteiger partial charge in [0.1, 0.15) is 6.10 Å². The molecular weight excluding hydrogens is 352 g/mol. The summed E-state index contributed by atoms with van der Waals surface area (Å²) in [4.78, 5) is 14.2. The minimum Gasteiger partial charge on any atom is -0.370 e. The van der Waals surface area contributed by atoms with E-state index in [0.717, 1.165) is 17.7 Å². The Bertz CT molecular complexity index is 882. The lowest BCUT2D eigenvalue weighted by Gasteiger charge is -2.34. The second-order valence-electron chi connectivity index (χ2n) is 6.39. The van der Waals surface area contributed by atoms with E-state index in [-0.39, 0.29) is 18.6 Å². The van der Waals surface area contributed by atoms with Crippen LogP contribution in [0.5, 0.6) is 0 Å². The molecule has 2 amide bonds. The molecule has 0 bridgehead atoms. The number of nitrogens with zero attached hydrogens (tertiary/aromatic N) is 2. The van der Waals surface area contributed by atoms with Crippen LogP contribution < -0.4 is 5.32 Å². The number of amides is 2. The molecule has 0 radical (unpaired) electrons. The quantitative estimate of drug-likeness (QED) is 0.895. The molecule has 27 heavy (non-hydrogen) atoms. The van der Waals surface area contributed by atoms with Crippen LogP contribution in [0.2, 0.25) is 0 Å². The van der Waals surface area contributed by atoms with Gasteiger partial charge in [-0.05, 0) is 42.3 Å². The topological polar surface area (TPSA) is 65.4 Å². The molecule has 2 aromatic rings. The van der Waals surface area contributed by atoms with Crippen LogP contribution in [-0.2, 0) is 4.74 Å². The van der Waals surface area contributed by atoms with Crippen LogP contribution in [0.1, 0.15) is 35.8 Å². The van der Waals surface area contributed by atoms with Crippen LogP contribution in [0, 0.1) is 23.0 Å². The summed E-state index contributed by atoms with van der Waals surface area (Å²) < 4.78 is 32.2. The van der Waals surface area contributed by atoms with Crippen LogP contribution in [0.3, 0.4) is 0 Å². The third kappa shape index (κ3) is 4.41. The van der Waals surface area contributed by atoms with Crippen molar-refractivity contribution in [1.29, 1.82) is 5.26 Å². The predicted molar refractivity (Wildman–Crippen MR) is 94.7 cm³/mol. The SMILES string of the molecule is C[C@H](NC(=O)N1CCO[C@@H](c2ccc(F)c(F)c2)C1)c1cccc(C#N)c1. The minimum absolute atomic E-state index is 0.238. The van der Waals surface area contributed by atoms with Gasteiger partial charge in [0.25, 0.3) is 0 Å². The Morgan fingerprint density at radius 1 is 1.30 bits per heavy atom. The highest BCUT2D eigenvalue weighted by atomic mass is 19.2. The number of nitrogens with one attached hydrogen (secondary N) is 1. The fourth-order valence-electron chi connectivity index (χ4n) is 2.99. The second-order valence-corrected chi connectivity index (χ2v) is 6.39. The molecule has 7 heteroatoms. The molecule has 1 fully saturated rings. The third-order valence-electron chi connectivity index (χ3n) is 4.52. The number of morpholine rings is 1. The van der Waals surface area contributed by atoms with Gasteiger partial charge < -0.3 is 15.0 Å². The number of urea groups is 1. The van der Waals surface area contributed by atoms with Crippen molar-refractivity contribution in [2.24, 2.45) is 0 Å². The first kappa shape index (κ1) is 18.8. The van der Waals surface area contributed by atoms with E-state index in [1.54, 1.807) is 23.1 Å². The monoisotopic (exact) mass is 371 g/mol. The Kier molecular flexibility index (Phi) is 5.67. The molecule has 0 aliphatic carbocycles. The Morgan fingerprint density at radius 2 is 2.11 bits per heavy atom. The van der Waals surface area contributed by atoms with E-state index >= 15 is 0 Å². The first-order valence-electron chi connectivity index (χ1n) is 8.60. The van der Waals surface area contributed by atoms with Crippen molar-refractivity contribution < 1.29 is 18.3 Å². The molecule has 0 aromatic heterocycles. The molecule has 1 aliphatic rings. The Hall–Kier alpha value is -2.98. The highest BCUT2D eigenvalue weighted by Gasteiger charge is 2.27. The zero-order valence-electron chi connectivity index (χ0n) is 14.8. The van der Waals surface area contributed by atoms with Crippen molar-refractivity contribution in [3.8, 4) is 6.07 Å². The zero-order chi connectivity index (χ0) is 19.4. The summed E-state index contributed by atoms with van der Waals surface area (Å²) in [5.41, 5.74) is 1.84. The van der Waals surface area contributed by atoms with Crippen LogP contribution in [0.4, 0.5) is 13.6 Å². The number of halogens is 2. The van der Waals surface area contributed by atoms with E-state index in [9.17, 15) is 13.6 Å². The number of rotatable bonds is 3. The molecule has 0 saturated carbocycles. The van der Waals surface area contributed by atoms with E-state index in [4.69, 9.17) is 10.00 Å². The number of carbonyl (C=O) groups is 1. The number of nitriles is 1. The molecule has 1 aliphatic heterocycles. The van der Waals surface area contributed by atoms with Crippen LogP contribution in [0.15, 0.2) is 42.5 Å². The third-order valence-corrected chi connectivity index (χ3v) is 4.52. The lowest BCUT2D eigenvalue weighted by molar-refractivity contribution is -0.0159. The van der Waals surface area contributed by atoms with Gasteiger partial charge in [0.15, 0.2) is 11.6 Å². The van der Waals surface area contributed by atoms with Gasteiger partial charge in [-0.3, -0.25) is 0 Å². The van der Waals surface area contributed by atoms with Crippen LogP contribution >= 0.6 is 0 Å². The number of hydrogen-bond acceptors (Lipinski definition) is 3. The summed E-state index contributed by atoms with van der Waals surface area (Å²) in [5.74, 6) is -1.86. The van der Waals surface area contributed by atoms with E-state index in [2.05, 4.69) is 11.4 Å². The Balaban J connectivity index is 1.65. The molecule has 1 N–H and O–H groups in total. The van der Waals surface area contributed by atoms with Crippen LogP contribution in [0.25, 0.3) is 0 Å². The van der Waals surface area contributed by atoms with Gasteiger partial charge >= 0.3 is 6.03 Å². The van der Waals surface area contributed by atoms with Gasteiger partial charge in [0.2, 0.25) is 0 Å². The lowest BCUT2D eigenvalue weighted by atomic mass is 10.1. The molecule has 140 valence electrons. The van der Waals surface area contributed by atoms with Crippen molar-refractivity contribution >= 4 is 6.03 Å². The van der Waals surface area contributed by atoms with Gasteiger partial charge in [0, 0.05) is 6.54 Å². The smallest absolute Gasteiger partial charge is 0.318 e. The van der Waals surface area contributed by atoms with Crippen molar-refractivity contribution in [1.82, 2.24) is 10.2 Å². The van der Waals surface area contributed by atoms with Crippen molar-refractivity contribution in [3.05, 3.63) is 70.8 Å². The van der Waals surface area contributed by atoms with E-state index in [1.165, 1.54) is 6.07 Å². The largest absolute Gasteiger partial charge is 0.370 e. The molecule has 2 atom stereocenters. The highest BCUT2D eigenvalue weighted by Crippen LogP contribution is 2.24. The maximum Gasteiger partial charge on any atom is 0.318 e. The average molecular weight is 371 g/mol. The predicted octanol–water partition coefficient (Wildman–Crippen LogP) is 3.68. The summed E-state index contributed by atoms with van der Waals surface area (Å²) in [7, 11) is 0. The minimum atomic E-state index is -0.941. The first-order chi connectivity index (χ1) is 13.0. The van der Waals surface area contributed by atoms with E-state index < -0.39 is 17.7 Å². The number of carbonyl (C=O) groups excluding carboxylic acids is 1. The van der Waals surface area contributed by atoms with Gasteiger partial charge in [-0.2, -0.15) is 5.26 Å². The van der Waals surface area contributed by atoms with Gasteiger partial charge in [0.05, 0.1) is 30.8 Å². The van der Waals surface area contributed by atoms with Crippen molar-refractivity contribution in [2.75, 3.05) is 19.7 Å². The van der Waals surface area contributed by atoms with E-state index in [1.807, 2.05) is 13.0 Å². The van der Waals surface area contributed by atoms with Gasteiger partial charge in [-0.15, -0.1) is 0 Å². The normalized spacial score (nSPS) is 17.9.